The molecular formula is C16H21Cl2N3O3. The van der Waals surface area contributed by atoms with E-state index >= 15 is 0 Å². The fraction of sp³-hybridized carbons (Fsp3) is 0.438. The lowest BCUT2D eigenvalue weighted by Gasteiger charge is -2.29. The lowest BCUT2D eigenvalue weighted by Crippen LogP contribution is -2.42. The highest BCUT2D eigenvalue weighted by Gasteiger charge is 2.20. The molecule has 8 heteroatoms. The summed E-state index contributed by atoms with van der Waals surface area (Å²) in [5, 5.41) is 10.1. The van der Waals surface area contributed by atoms with E-state index in [-0.39, 0.29) is 55.4 Å². The van der Waals surface area contributed by atoms with Gasteiger partial charge >= 0.3 is 0 Å². The molecule has 6 nitrogen and oxygen atoms in total. The molecule has 0 saturated carbocycles. The molecule has 0 aliphatic carbocycles. The molecule has 0 amide bonds. The number of aliphatic hydroxyl groups excluding tert-OH is 1. The van der Waals surface area contributed by atoms with Crippen LogP contribution in [0.2, 0.25) is 0 Å². The summed E-state index contributed by atoms with van der Waals surface area (Å²) in [6.45, 7) is 1.61. The molecule has 3 rings (SSSR count). The number of fused-ring (bicyclic) bond motifs is 1. The highest BCUT2D eigenvalue weighted by molar-refractivity contribution is 5.85. The summed E-state index contributed by atoms with van der Waals surface area (Å²) in [7, 11) is 0. The molecule has 1 unspecified atom stereocenters. The number of carbonyl (C=O) groups excluding carboxylic acids is 1. The van der Waals surface area contributed by atoms with E-state index < -0.39 is 0 Å². The zero-order valence-corrected chi connectivity index (χ0v) is 14.8. The molecule has 132 valence electrons. The lowest BCUT2D eigenvalue weighted by atomic mass is 10.1. The van der Waals surface area contributed by atoms with Gasteiger partial charge in [-0.2, -0.15) is 0 Å². The molecule has 1 aromatic carbocycles. The van der Waals surface area contributed by atoms with E-state index in [9.17, 15) is 14.7 Å². The molecular weight excluding hydrogens is 353 g/mol. The molecule has 1 saturated heterocycles. The number of piperidine rings is 1. The zero-order chi connectivity index (χ0) is 15.5. The minimum Gasteiger partial charge on any atom is -0.392 e. The molecule has 1 aliphatic rings. The molecule has 1 aliphatic heterocycles. The van der Waals surface area contributed by atoms with Crippen molar-refractivity contribution >= 4 is 41.5 Å². The van der Waals surface area contributed by atoms with Crippen molar-refractivity contribution in [3.8, 4) is 0 Å². The SMILES string of the molecule is Cl.Cl.O=C(CN1CCCC(O)C1)Cn1cnc2ccccc2c1=O. The number of aliphatic hydroxyl groups is 1. The third-order valence-electron chi connectivity index (χ3n) is 3.96. The average Bonchev–Trinajstić information content (AvgIpc) is 2.50. The number of likely N-dealkylation sites (tertiary alicyclic amines) is 1. The summed E-state index contributed by atoms with van der Waals surface area (Å²) in [6.07, 6.45) is 2.75. The predicted molar refractivity (Wildman–Crippen MR) is 97.2 cm³/mol. The number of halogens is 2. The third-order valence-corrected chi connectivity index (χ3v) is 3.96. The lowest BCUT2D eigenvalue weighted by molar-refractivity contribution is -0.121. The number of Topliss-reactive ketones (excluding diaryl/α,β-unsaturated/α-hetero) is 1. The van der Waals surface area contributed by atoms with E-state index in [1.165, 1.54) is 10.9 Å². The quantitative estimate of drug-likeness (QED) is 0.872. The smallest absolute Gasteiger partial charge is 0.261 e. The minimum atomic E-state index is -0.355. The van der Waals surface area contributed by atoms with Crippen molar-refractivity contribution in [3.05, 3.63) is 40.9 Å². The number of aromatic nitrogens is 2. The number of ketones is 1. The zero-order valence-electron chi connectivity index (χ0n) is 13.1. The molecule has 2 heterocycles. The summed E-state index contributed by atoms with van der Waals surface area (Å²) in [5.74, 6) is -0.0479. The Balaban J connectivity index is 0.00000144. The third kappa shape index (κ3) is 4.77. The predicted octanol–water partition coefficient (Wildman–Crippen LogP) is 1.27. The van der Waals surface area contributed by atoms with Crippen LogP contribution in [0.15, 0.2) is 35.4 Å². The standard InChI is InChI=1S/C16H19N3O3.2ClH/c20-12-4-3-7-18(8-12)9-13(21)10-19-11-17-15-6-2-1-5-14(15)16(19)22;;/h1-2,5-6,11-12,20H,3-4,7-10H2;2*1H. The van der Waals surface area contributed by atoms with Crippen LogP contribution in [0, 0.1) is 0 Å². The van der Waals surface area contributed by atoms with Crippen LogP contribution in [0.5, 0.6) is 0 Å². The molecule has 1 atom stereocenters. The Morgan fingerprint density at radius 2 is 2.00 bits per heavy atom. The average molecular weight is 374 g/mol. The molecule has 0 bridgehead atoms. The second-order valence-corrected chi connectivity index (χ2v) is 5.76. The van der Waals surface area contributed by atoms with Crippen LogP contribution in [0.1, 0.15) is 12.8 Å². The summed E-state index contributed by atoms with van der Waals surface area (Å²) < 4.78 is 1.35. The van der Waals surface area contributed by atoms with E-state index in [0.29, 0.717) is 17.4 Å². The van der Waals surface area contributed by atoms with Crippen LogP contribution in [-0.2, 0) is 11.3 Å². The number of rotatable bonds is 4. The van der Waals surface area contributed by atoms with Crippen LogP contribution in [0.25, 0.3) is 10.9 Å². The van der Waals surface area contributed by atoms with E-state index in [1.807, 2.05) is 11.0 Å². The number of carbonyl (C=O) groups is 1. The highest BCUT2D eigenvalue weighted by atomic mass is 35.5. The molecule has 1 fully saturated rings. The molecule has 0 radical (unpaired) electrons. The first-order chi connectivity index (χ1) is 10.6. The molecule has 1 aromatic heterocycles. The summed E-state index contributed by atoms with van der Waals surface area (Å²) in [4.78, 5) is 30.6. The molecule has 0 spiro atoms. The second-order valence-electron chi connectivity index (χ2n) is 5.76. The van der Waals surface area contributed by atoms with E-state index in [1.54, 1.807) is 18.2 Å². The molecule has 24 heavy (non-hydrogen) atoms. The topological polar surface area (TPSA) is 75.4 Å². The van der Waals surface area contributed by atoms with Crippen molar-refractivity contribution in [1.29, 1.82) is 0 Å². The Kier molecular flexibility index (Phi) is 7.83. The van der Waals surface area contributed by atoms with Gasteiger partial charge in [-0.1, -0.05) is 12.1 Å². The number of nitrogens with zero attached hydrogens (tertiary/aromatic N) is 3. The number of para-hydroxylation sites is 1. The van der Waals surface area contributed by atoms with Gasteiger partial charge in [0.25, 0.3) is 5.56 Å². The van der Waals surface area contributed by atoms with Gasteiger partial charge in [-0.25, -0.2) is 4.98 Å². The van der Waals surface area contributed by atoms with Crippen molar-refractivity contribution in [3.63, 3.8) is 0 Å². The van der Waals surface area contributed by atoms with E-state index in [0.717, 1.165) is 19.4 Å². The van der Waals surface area contributed by atoms with Gasteiger partial charge in [-0.15, -0.1) is 24.8 Å². The van der Waals surface area contributed by atoms with Crippen LogP contribution < -0.4 is 5.56 Å². The van der Waals surface area contributed by atoms with Crippen molar-refractivity contribution in [2.24, 2.45) is 0 Å². The van der Waals surface area contributed by atoms with Gasteiger partial charge in [0, 0.05) is 6.54 Å². The fourth-order valence-electron chi connectivity index (χ4n) is 2.88. The maximum absolute atomic E-state index is 12.3. The second kappa shape index (κ2) is 9.13. The van der Waals surface area contributed by atoms with Crippen LogP contribution >= 0.6 is 24.8 Å². The van der Waals surface area contributed by atoms with E-state index in [2.05, 4.69) is 4.98 Å². The van der Waals surface area contributed by atoms with Gasteiger partial charge in [0.05, 0.1) is 36.4 Å². The number of β-amino-alcohol motifs (C(OH)–C–C–N with tert-alkyl or cyclic N) is 1. The number of hydrogen-bond donors (Lipinski definition) is 1. The van der Waals surface area contributed by atoms with Gasteiger partial charge in [0.1, 0.15) is 0 Å². The van der Waals surface area contributed by atoms with Crippen LogP contribution in [-0.4, -0.2) is 51.1 Å². The van der Waals surface area contributed by atoms with Gasteiger partial charge in [-0.05, 0) is 31.5 Å². The Hall–Kier alpha value is -1.47. The Morgan fingerprint density at radius 1 is 1.25 bits per heavy atom. The number of benzene rings is 1. The first-order valence-electron chi connectivity index (χ1n) is 7.50. The summed E-state index contributed by atoms with van der Waals surface area (Å²) >= 11 is 0. The largest absolute Gasteiger partial charge is 0.392 e. The number of hydrogen-bond acceptors (Lipinski definition) is 5. The Morgan fingerprint density at radius 3 is 2.75 bits per heavy atom. The first-order valence-corrected chi connectivity index (χ1v) is 7.50. The van der Waals surface area contributed by atoms with Crippen LogP contribution in [0.3, 0.4) is 0 Å². The Bertz CT molecular complexity index is 751. The fourth-order valence-corrected chi connectivity index (χ4v) is 2.88. The molecule has 2 aromatic rings. The van der Waals surface area contributed by atoms with Crippen molar-refractivity contribution < 1.29 is 9.90 Å². The maximum atomic E-state index is 12.3. The van der Waals surface area contributed by atoms with Gasteiger partial charge in [0.15, 0.2) is 5.78 Å². The monoisotopic (exact) mass is 373 g/mol. The first kappa shape index (κ1) is 20.6. The van der Waals surface area contributed by atoms with E-state index in [4.69, 9.17) is 0 Å². The van der Waals surface area contributed by atoms with Gasteiger partial charge < -0.3 is 5.11 Å². The maximum Gasteiger partial charge on any atom is 0.261 e. The van der Waals surface area contributed by atoms with Crippen molar-refractivity contribution in [2.45, 2.75) is 25.5 Å². The summed E-state index contributed by atoms with van der Waals surface area (Å²) in [5.41, 5.74) is 0.438. The minimum absolute atomic E-state index is 0. The van der Waals surface area contributed by atoms with Crippen molar-refractivity contribution in [2.75, 3.05) is 19.6 Å². The highest BCUT2D eigenvalue weighted by Crippen LogP contribution is 2.09. The molecule has 1 N–H and O–H groups in total. The van der Waals surface area contributed by atoms with Crippen molar-refractivity contribution in [1.82, 2.24) is 14.5 Å². The Labute approximate surface area is 152 Å². The van der Waals surface area contributed by atoms with Crippen LogP contribution in [0.4, 0.5) is 0 Å². The normalized spacial score (nSPS) is 17.8. The van der Waals surface area contributed by atoms with Gasteiger partial charge in [0.2, 0.25) is 0 Å². The summed E-state index contributed by atoms with van der Waals surface area (Å²) in [6, 6.07) is 7.10. The van der Waals surface area contributed by atoms with Gasteiger partial charge in [-0.3, -0.25) is 19.1 Å².